The van der Waals surface area contributed by atoms with Crippen LogP contribution in [0.1, 0.15) is 44.6 Å². The van der Waals surface area contributed by atoms with Crippen LogP contribution in [0.3, 0.4) is 0 Å². The fourth-order valence-corrected chi connectivity index (χ4v) is 3.22. The molecule has 0 amide bonds. The Hall–Kier alpha value is -2.20. The summed E-state index contributed by atoms with van der Waals surface area (Å²) in [5.41, 5.74) is 0.978. The van der Waals surface area contributed by atoms with Gasteiger partial charge in [0.05, 0.1) is 23.7 Å². The number of benzene rings is 2. The molecule has 0 spiro atoms. The largest absolute Gasteiger partial charge is 0.493 e. The van der Waals surface area contributed by atoms with Crippen LogP contribution in [0.4, 0.5) is 0 Å². The minimum absolute atomic E-state index is 0.186. The summed E-state index contributed by atoms with van der Waals surface area (Å²) in [6, 6.07) is 15.2. The molecule has 2 aromatic rings. The molecule has 156 valence electrons. The van der Waals surface area contributed by atoms with Gasteiger partial charge in [-0.3, -0.25) is 4.79 Å². The lowest BCUT2D eigenvalue weighted by molar-refractivity contribution is -0.141. The Balaban J connectivity index is 0.000000732. The molecule has 0 bridgehead atoms. The zero-order valence-corrected chi connectivity index (χ0v) is 17.6. The first-order valence-electron chi connectivity index (χ1n) is 10.4. The molecule has 2 aliphatic rings. The molecule has 4 nitrogen and oxygen atoms in total. The van der Waals surface area contributed by atoms with E-state index in [9.17, 15) is 4.79 Å². The maximum Gasteiger partial charge on any atom is 0.306 e. The van der Waals surface area contributed by atoms with Crippen molar-refractivity contribution in [3.63, 3.8) is 0 Å². The first kappa shape index (κ1) is 21.5. The number of para-hydroxylation sites is 1. The van der Waals surface area contributed by atoms with Crippen LogP contribution in [0, 0.1) is 11.8 Å². The second-order valence-electron chi connectivity index (χ2n) is 7.97. The Morgan fingerprint density at radius 3 is 2.52 bits per heavy atom. The van der Waals surface area contributed by atoms with Crippen molar-refractivity contribution in [3.8, 4) is 11.5 Å². The molecule has 2 fully saturated rings. The lowest BCUT2D eigenvalue weighted by Crippen LogP contribution is -2.37. The predicted molar refractivity (Wildman–Crippen MR) is 115 cm³/mol. The summed E-state index contributed by atoms with van der Waals surface area (Å²) >= 11 is 6.11. The first-order chi connectivity index (χ1) is 14.0. The summed E-state index contributed by atoms with van der Waals surface area (Å²) in [6.07, 6.45) is 7.08. The van der Waals surface area contributed by atoms with E-state index in [0.717, 1.165) is 29.9 Å². The topological polar surface area (TPSA) is 55.8 Å². The molecule has 0 heterocycles. The molecule has 1 N–H and O–H groups in total. The Kier molecular flexibility index (Phi) is 7.82. The molecule has 2 aliphatic carbocycles. The number of carboxylic acid groups (broad SMARTS) is 1. The molecule has 0 aliphatic heterocycles. The van der Waals surface area contributed by atoms with Gasteiger partial charge in [0.15, 0.2) is 0 Å². The Morgan fingerprint density at radius 2 is 1.86 bits per heavy atom. The lowest BCUT2D eigenvalue weighted by atomic mass is 9.83. The van der Waals surface area contributed by atoms with Gasteiger partial charge in [0, 0.05) is 0 Å². The van der Waals surface area contributed by atoms with Gasteiger partial charge < -0.3 is 14.6 Å². The maximum atomic E-state index is 11.0. The quantitative estimate of drug-likeness (QED) is 0.572. The number of hydrogen-bond acceptors (Lipinski definition) is 3. The van der Waals surface area contributed by atoms with Gasteiger partial charge in [0.1, 0.15) is 11.5 Å². The third-order valence-electron chi connectivity index (χ3n) is 5.02. The average molecular weight is 417 g/mol. The zero-order valence-electron chi connectivity index (χ0n) is 16.9. The van der Waals surface area contributed by atoms with Crippen LogP contribution in [0.5, 0.6) is 11.5 Å². The van der Waals surface area contributed by atoms with Crippen molar-refractivity contribution in [1.29, 1.82) is 0 Å². The number of aliphatic carboxylic acids is 1. The highest BCUT2D eigenvalue weighted by molar-refractivity contribution is 6.32. The minimum atomic E-state index is -0.782. The van der Waals surface area contributed by atoms with Crippen LogP contribution in [-0.2, 0) is 11.2 Å². The molecule has 29 heavy (non-hydrogen) atoms. The Morgan fingerprint density at radius 1 is 1.14 bits per heavy atom. The van der Waals surface area contributed by atoms with Gasteiger partial charge in [-0.15, -0.1) is 0 Å². The van der Waals surface area contributed by atoms with Crippen LogP contribution in [0.2, 0.25) is 5.02 Å². The van der Waals surface area contributed by atoms with E-state index in [4.69, 9.17) is 26.2 Å². The van der Waals surface area contributed by atoms with E-state index < -0.39 is 11.9 Å². The van der Waals surface area contributed by atoms with E-state index in [1.807, 2.05) is 48.5 Å². The van der Waals surface area contributed by atoms with Gasteiger partial charge >= 0.3 is 5.97 Å². The second-order valence-corrected chi connectivity index (χ2v) is 8.38. The average Bonchev–Trinajstić information content (AvgIpc) is 3.54. The van der Waals surface area contributed by atoms with Crippen LogP contribution in [0.25, 0.3) is 0 Å². The minimum Gasteiger partial charge on any atom is -0.493 e. The van der Waals surface area contributed by atoms with Crippen molar-refractivity contribution < 1.29 is 19.4 Å². The molecule has 1 unspecified atom stereocenters. The van der Waals surface area contributed by atoms with Crippen molar-refractivity contribution in [3.05, 3.63) is 59.1 Å². The van der Waals surface area contributed by atoms with Gasteiger partial charge in [-0.25, -0.2) is 0 Å². The van der Waals surface area contributed by atoms with E-state index in [2.05, 4.69) is 0 Å². The van der Waals surface area contributed by atoms with Gasteiger partial charge in [-0.2, -0.15) is 0 Å². The molecule has 1 atom stereocenters. The molecular formula is C24H29ClO4. The Labute approximate surface area is 177 Å². The zero-order chi connectivity index (χ0) is 20.6. The van der Waals surface area contributed by atoms with Crippen LogP contribution in [-0.4, -0.2) is 23.8 Å². The predicted octanol–water partition coefficient (Wildman–Crippen LogP) is 6.01. The smallest absolute Gasteiger partial charge is 0.306 e. The second kappa shape index (κ2) is 10.5. The number of carbonyl (C=O) groups is 1. The maximum absolute atomic E-state index is 11.0. The van der Waals surface area contributed by atoms with Gasteiger partial charge in [0.25, 0.3) is 0 Å². The highest BCUT2D eigenvalue weighted by Crippen LogP contribution is 2.34. The molecular weight excluding hydrogens is 388 g/mol. The monoisotopic (exact) mass is 416 g/mol. The van der Waals surface area contributed by atoms with Crippen molar-refractivity contribution >= 4 is 17.6 Å². The summed E-state index contributed by atoms with van der Waals surface area (Å²) in [7, 11) is 0. The summed E-state index contributed by atoms with van der Waals surface area (Å²) in [5.74, 6) is 0.799. The normalized spacial score (nSPS) is 20.5. The molecule has 2 saturated carbocycles. The SMILES string of the molecule is C1CC1.CC(Cc1cccc(OCC2CC(Oc3ccccc3Cl)C2)c1)C(=O)O. The third-order valence-corrected chi connectivity index (χ3v) is 5.34. The standard InChI is InChI=1S/C21H23ClO4.C3H6/c1-14(21(23)24)9-15-5-4-6-17(10-15)25-13-16-11-18(12-16)26-20-8-3-2-7-19(20)22;1-2-3-1/h2-8,10,14,16,18H,9,11-13H2,1H3,(H,23,24);1-3H2. The Bertz CT molecular complexity index is 796. The van der Waals surface area contributed by atoms with Crippen molar-refractivity contribution in [2.24, 2.45) is 11.8 Å². The van der Waals surface area contributed by atoms with Gasteiger partial charge in [0.2, 0.25) is 0 Å². The van der Waals surface area contributed by atoms with E-state index >= 15 is 0 Å². The fourth-order valence-electron chi connectivity index (χ4n) is 3.04. The van der Waals surface area contributed by atoms with Crippen LogP contribution in [0.15, 0.2) is 48.5 Å². The molecule has 5 heteroatoms. The van der Waals surface area contributed by atoms with Crippen molar-refractivity contribution in [1.82, 2.24) is 0 Å². The highest BCUT2D eigenvalue weighted by Gasteiger charge is 2.31. The van der Waals surface area contributed by atoms with Crippen LogP contribution >= 0.6 is 11.6 Å². The number of hydrogen-bond donors (Lipinski definition) is 1. The lowest BCUT2D eigenvalue weighted by Gasteiger charge is -2.35. The third kappa shape index (κ3) is 7.28. The van der Waals surface area contributed by atoms with Crippen molar-refractivity contribution in [2.75, 3.05) is 6.61 Å². The molecule has 4 rings (SSSR count). The van der Waals surface area contributed by atoms with Gasteiger partial charge in [-0.05, 0) is 55.0 Å². The van der Waals surface area contributed by atoms with E-state index in [-0.39, 0.29) is 6.10 Å². The van der Waals surface area contributed by atoms with E-state index in [1.165, 1.54) is 19.3 Å². The molecule has 0 saturated heterocycles. The van der Waals surface area contributed by atoms with E-state index in [0.29, 0.717) is 24.0 Å². The fraction of sp³-hybridized carbons (Fsp3) is 0.458. The van der Waals surface area contributed by atoms with Gasteiger partial charge in [-0.1, -0.05) is 62.1 Å². The number of rotatable bonds is 8. The number of ether oxygens (including phenoxy) is 2. The summed E-state index contributed by atoms with van der Waals surface area (Å²) in [5, 5.41) is 9.66. The first-order valence-corrected chi connectivity index (χ1v) is 10.7. The van der Waals surface area contributed by atoms with E-state index in [1.54, 1.807) is 6.92 Å². The highest BCUT2D eigenvalue weighted by atomic mass is 35.5. The molecule has 2 aromatic carbocycles. The summed E-state index contributed by atoms with van der Waals surface area (Å²) < 4.78 is 11.8. The molecule has 0 aromatic heterocycles. The summed E-state index contributed by atoms with van der Waals surface area (Å²) in [4.78, 5) is 11.0. The summed E-state index contributed by atoms with van der Waals surface area (Å²) in [6.45, 7) is 2.35. The number of halogens is 1. The van der Waals surface area contributed by atoms with Crippen LogP contribution < -0.4 is 9.47 Å². The van der Waals surface area contributed by atoms with Crippen molar-refractivity contribution in [2.45, 2.75) is 51.6 Å². The molecule has 0 radical (unpaired) electrons. The number of carboxylic acids is 1.